The number of amides is 1. The van der Waals surface area contributed by atoms with E-state index in [-0.39, 0.29) is 11.9 Å². The van der Waals surface area contributed by atoms with Crippen LogP contribution in [0.1, 0.15) is 40.0 Å². The second-order valence-corrected chi connectivity index (χ2v) is 5.91. The Balaban J connectivity index is 2.15. The van der Waals surface area contributed by atoms with E-state index in [0.29, 0.717) is 0 Å². The number of rotatable bonds is 3. The molecule has 104 valence electrons. The third kappa shape index (κ3) is 3.28. The van der Waals surface area contributed by atoms with E-state index in [1.807, 2.05) is 63.2 Å². The summed E-state index contributed by atoms with van der Waals surface area (Å²) in [6, 6.07) is 13.8. The van der Waals surface area contributed by atoms with Gasteiger partial charge in [-0.15, -0.1) is 0 Å². The Bertz CT molecular complexity index is 619. The van der Waals surface area contributed by atoms with Gasteiger partial charge in [-0.25, -0.2) is 0 Å². The maximum absolute atomic E-state index is 12.3. The molecular formula is C17H18BrNO. The molecule has 3 heteroatoms. The van der Waals surface area contributed by atoms with Gasteiger partial charge in [0.15, 0.2) is 0 Å². The zero-order chi connectivity index (χ0) is 14.7. The summed E-state index contributed by atoms with van der Waals surface area (Å²) in [5.41, 5.74) is 4.00. The summed E-state index contributed by atoms with van der Waals surface area (Å²) >= 11 is 3.41. The van der Waals surface area contributed by atoms with E-state index in [1.165, 1.54) is 0 Å². The topological polar surface area (TPSA) is 29.1 Å². The fourth-order valence-electron chi connectivity index (χ4n) is 2.11. The molecule has 0 aromatic heterocycles. The number of carbonyl (C=O) groups excluding carboxylic acids is 1. The molecule has 1 amide bonds. The Morgan fingerprint density at radius 2 is 1.75 bits per heavy atom. The van der Waals surface area contributed by atoms with Crippen LogP contribution in [-0.4, -0.2) is 5.91 Å². The first kappa shape index (κ1) is 14.8. The van der Waals surface area contributed by atoms with Crippen molar-refractivity contribution < 1.29 is 4.79 Å². The average molecular weight is 332 g/mol. The molecule has 0 aliphatic rings. The molecule has 0 spiro atoms. The minimum Gasteiger partial charge on any atom is -0.346 e. The van der Waals surface area contributed by atoms with Crippen LogP contribution in [0.25, 0.3) is 0 Å². The molecule has 0 heterocycles. The highest BCUT2D eigenvalue weighted by molar-refractivity contribution is 9.10. The standard InChI is InChI=1S/C17H18BrNO/c1-11-5-4-6-16(12(11)2)17(20)19-13(3)14-7-9-15(18)10-8-14/h4-10,13H,1-3H3,(H,19,20). The third-order valence-corrected chi connectivity index (χ3v) is 4.10. The van der Waals surface area contributed by atoms with Crippen molar-refractivity contribution in [2.45, 2.75) is 26.8 Å². The molecule has 2 aromatic rings. The van der Waals surface area contributed by atoms with E-state index in [1.54, 1.807) is 0 Å². The molecule has 0 aliphatic heterocycles. The zero-order valence-corrected chi connectivity index (χ0v) is 13.5. The van der Waals surface area contributed by atoms with Crippen molar-refractivity contribution in [3.8, 4) is 0 Å². The van der Waals surface area contributed by atoms with Crippen molar-refractivity contribution in [1.29, 1.82) is 0 Å². The van der Waals surface area contributed by atoms with E-state index >= 15 is 0 Å². The Morgan fingerprint density at radius 1 is 1.10 bits per heavy atom. The molecule has 0 saturated carbocycles. The zero-order valence-electron chi connectivity index (χ0n) is 11.9. The van der Waals surface area contributed by atoms with Crippen LogP contribution >= 0.6 is 15.9 Å². The molecule has 1 unspecified atom stereocenters. The first-order valence-electron chi connectivity index (χ1n) is 6.61. The monoisotopic (exact) mass is 331 g/mol. The number of aryl methyl sites for hydroxylation is 1. The smallest absolute Gasteiger partial charge is 0.252 e. The van der Waals surface area contributed by atoms with Gasteiger partial charge in [0.1, 0.15) is 0 Å². The lowest BCUT2D eigenvalue weighted by atomic mass is 10.0. The van der Waals surface area contributed by atoms with Crippen molar-refractivity contribution in [2.75, 3.05) is 0 Å². The molecule has 2 rings (SSSR count). The Labute approximate surface area is 128 Å². The summed E-state index contributed by atoms with van der Waals surface area (Å²) in [5.74, 6) is -0.0263. The molecule has 0 radical (unpaired) electrons. The van der Waals surface area contributed by atoms with Crippen LogP contribution in [-0.2, 0) is 0 Å². The molecule has 0 aliphatic carbocycles. The number of hydrogen-bond acceptors (Lipinski definition) is 1. The largest absolute Gasteiger partial charge is 0.346 e. The molecule has 1 atom stereocenters. The second kappa shape index (κ2) is 6.23. The first-order valence-corrected chi connectivity index (χ1v) is 7.41. The quantitative estimate of drug-likeness (QED) is 0.877. The van der Waals surface area contributed by atoms with Crippen molar-refractivity contribution in [1.82, 2.24) is 5.32 Å². The summed E-state index contributed by atoms with van der Waals surface area (Å²) in [6.07, 6.45) is 0. The third-order valence-electron chi connectivity index (χ3n) is 3.57. The van der Waals surface area contributed by atoms with Crippen LogP contribution in [0.5, 0.6) is 0 Å². The molecular weight excluding hydrogens is 314 g/mol. The summed E-state index contributed by atoms with van der Waals surface area (Å²) in [6.45, 7) is 5.99. The van der Waals surface area contributed by atoms with Gasteiger partial charge in [-0.1, -0.05) is 40.2 Å². The number of benzene rings is 2. The summed E-state index contributed by atoms with van der Waals surface area (Å²) < 4.78 is 1.04. The highest BCUT2D eigenvalue weighted by atomic mass is 79.9. The summed E-state index contributed by atoms with van der Waals surface area (Å²) in [7, 11) is 0. The SMILES string of the molecule is Cc1cccc(C(=O)NC(C)c2ccc(Br)cc2)c1C. The molecule has 20 heavy (non-hydrogen) atoms. The van der Waals surface area contributed by atoms with Gasteiger partial charge in [-0.2, -0.15) is 0 Å². The van der Waals surface area contributed by atoms with Crippen LogP contribution in [0.3, 0.4) is 0 Å². The highest BCUT2D eigenvalue weighted by Gasteiger charge is 2.13. The minimum atomic E-state index is -0.0263. The van der Waals surface area contributed by atoms with Crippen LogP contribution in [0.15, 0.2) is 46.9 Å². The lowest BCUT2D eigenvalue weighted by Crippen LogP contribution is -2.27. The molecule has 2 aromatic carbocycles. The van der Waals surface area contributed by atoms with E-state index in [0.717, 1.165) is 26.7 Å². The fraction of sp³-hybridized carbons (Fsp3) is 0.235. The number of nitrogens with one attached hydrogen (secondary N) is 1. The van der Waals surface area contributed by atoms with Gasteiger partial charge in [0.2, 0.25) is 0 Å². The van der Waals surface area contributed by atoms with Gasteiger partial charge >= 0.3 is 0 Å². The predicted molar refractivity (Wildman–Crippen MR) is 85.9 cm³/mol. The van der Waals surface area contributed by atoms with Gasteiger partial charge in [0.25, 0.3) is 5.91 Å². The van der Waals surface area contributed by atoms with Crippen molar-refractivity contribution in [3.05, 3.63) is 69.2 Å². The molecule has 0 bridgehead atoms. The van der Waals surface area contributed by atoms with E-state index in [4.69, 9.17) is 0 Å². The summed E-state index contributed by atoms with van der Waals surface area (Å²) in [4.78, 5) is 12.3. The Morgan fingerprint density at radius 3 is 2.40 bits per heavy atom. The van der Waals surface area contributed by atoms with E-state index in [9.17, 15) is 4.79 Å². The fourth-order valence-corrected chi connectivity index (χ4v) is 2.37. The Kier molecular flexibility index (Phi) is 4.61. The van der Waals surface area contributed by atoms with E-state index in [2.05, 4.69) is 21.2 Å². The number of carbonyl (C=O) groups is 1. The van der Waals surface area contributed by atoms with Gasteiger partial charge < -0.3 is 5.32 Å². The molecule has 0 saturated heterocycles. The first-order chi connectivity index (χ1) is 9.49. The van der Waals surface area contributed by atoms with Gasteiger partial charge in [0.05, 0.1) is 6.04 Å². The van der Waals surface area contributed by atoms with Gasteiger partial charge in [0, 0.05) is 10.0 Å². The second-order valence-electron chi connectivity index (χ2n) is 4.99. The van der Waals surface area contributed by atoms with Crippen molar-refractivity contribution in [3.63, 3.8) is 0 Å². The predicted octanol–water partition coefficient (Wildman–Crippen LogP) is 4.56. The average Bonchev–Trinajstić information content (AvgIpc) is 2.42. The lowest BCUT2D eigenvalue weighted by Gasteiger charge is -2.16. The highest BCUT2D eigenvalue weighted by Crippen LogP contribution is 2.18. The summed E-state index contributed by atoms with van der Waals surface area (Å²) in [5, 5.41) is 3.05. The maximum Gasteiger partial charge on any atom is 0.252 e. The van der Waals surface area contributed by atoms with Gasteiger partial charge in [-0.05, 0) is 55.7 Å². The van der Waals surface area contributed by atoms with Crippen LogP contribution < -0.4 is 5.32 Å². The molecule has 1 N–H and O–H groups in total. The van der Waals surface area contributed by atoms with Crippen LogP contribution in [0.4, 0.5) is 0 Å². The van der Waals surface area contributed by atoms with E-state index < -0.39 is 0 Å². The molecule has 0 fully saturated rings. The Hall–Kier alpha value is -1.61. The van der Waals surface area contributed by atoms with Crippen molar-refractivity contribution >= 4 is 21.8 Å². The van der Waals surface area contributed by atoms with Crippen LogP contribution in [0.2, 0.25) is 0 Å². The minimum absolute atomic E-state index is 0.0180. The number of halogens is 1. The normalized spacial score (nSPS) is 12.0. The van der Waals surface area contributed by atoms with Gasteiger partial charge in [-0.3, -0.25) is 4.79 Å². The van der Waals surface area contributed by atoms with Crippen molar-refractivity contribution in [2.24, 2.45) is 0 Å². The van der Waals surface area contributed by atoms with Crippen LogP contribution in [0, 0.1) is 13.8 Å². The number of hydrogen-bond donors (Lipinski definition) is 1. The lowest BCUT2D eigenvalue weighted by molar-refractivity contribution is 0.0939. The molecule has 2 nitrogen and oxygen atoms in total. The maximum atomic E-state index is 12.3.